The summed E-state index contributed by atoms with van der Waals surface area (Å²) in [6.07, 6.45) is 1.62. The Balaban J connectivity index is 2.61. The number of aromatic amines is 1. The van der Waals surface area contributed by atoms with Gasteiger partial charge in [0, 0.05) is 29.2 Å². The molecule has 18 heavy (non-hydrogen) atoms. The zero-order chi connectivity index (χ0) is 13.1. The maximum absolute atomic E-state index is 11.5. The van der Waals surface area contributed by atoms with E-state index in [9.17, 15) is 4.79 Å². The highest BCUT2D eigenvalue weighted by Gasteiger charge is 2.10. The van der Waals surface area contributed by atoms with Crippen molar-refractivity contribution in [2.24, 2.45) is 0 Å². The van der Waals surface area contributed by atoms with Crippen LogP contribution in [0.15, 0.2) is 29.8 Å². The van der Waals surface area contributed by atoms with Gasteiger partial charge in [-0.15, -0.1) is 0 Å². The summed E-state index contributed by atoms with van der Waals surface area (Å²) in [4.78, 5) is 14.7. The fourth-order valence-corrected chi connectivity index (χ4v) is 1.91. The molecule has 0 spiro atoms. The number of nitrogens with one attached hydrogen (secondary N) is 2. The van der Waals surface area contributed by atoms with E-state index in [2.05, 4.69) is 10.3 Å². The van der Waals surface area contributed by atoms with Gasteiger partial charge in [0.25, 0.3) is 5.91 Å². The number of fused-ring (bicyclic) bond motifs is 1. The first-order chi connectivity index (χ1) is 8.67. The molecule has 0 aliphatic heterocycles. The maximum atomic E-state index is 11.5. The normalized spacial score (nSPS) is 11.3. The lowest BCUT2D eigenvalue weighted by molar-refractivity contribution is -0.116. The standard InChI is InChI=1S/C14H13N3O/c1-9-12(7-10(8-15)14(18)16-2)11-5-3-4-6-13(11)17-9/h3-7,17H,1-2H3,(H,16,18)/b10-7+. The lowest BCUT2D eigenvalue weighted by Crippen LogP contribution is -2.19. The molecule has 0 saturated heterocycles. The van der Waals surface area contributed by atoms with Gasteiger partial charge in [-0.1, -0.05) is 18.2 Å². The maximum Gasteiger partial charge on any atom is 0.261 e. The van der Waals surface area contributed by atoms with Crippen LogP contribution in [0.1, 0.15) is 11.3 Å². The van der Waals surface area contributed by atoms with Gasteiger partial charge in [-0.05, 0) is 19.1 Å². The Kier molecular flexibility index (Phi) is 3.16. The molecule has 2 aromatic rings. The molecule has 0 fully saturated rings. The largest absolute Gasteiger partial charge is 0.358 e. The Labute approximate surface area is 105 Å². The van der Waals surface area contributed by atoms with Crippen molar-refractivity contribution in [3.05, 3.63) is 41.1 Å². The van der Waals surface area contributed by atoms with E-state index < -0.39 is 0 Å². The summed E-state index contributed by atoms with van der Waals surface area (Å²) in [5, 5.41) is 12.5. The predicted molar refractivity (Wildman–Crippen MR) is 70.7 cm³/mol. The quantitative estimate of drug-likeness (QED) is 0.622. The number of aromatic nitrogens is 1. The van der Waals surface area contributed by atoms with Gasteiger partial charge in [-0.3, -0.25) is 4.79 Å². The minimum atomic E-state index is -0.373. The highest BCUT2D eigenvalue weighted by molar-refractivity contribution is 6.04. The first-order valence-corrected chi connectivity index (χ1v) is 5.58. The minimum absolute atomic E-state index is 0.102. The van der Waals surface area contributed by atoms with Crippen molar-refractivity contribution < 1.29 is 4.79 Å². The molecule has 2 rings (SSSR count). The number of likely N-dealkylation sites (N-methyl/N-ethyl adjacent to an activating group) is 1. The van der Waals surface area contributed by atoms with E-state index in [0.29, 0.717) is 0 Å². The van der Waals surface area contributed by atoms with Crippen LogP contribution in [0, 0.1) is 18.3 Å². The third-order valence-electron chi connectivity index (χ3n) is 2.82. The third-order valence-corrected chi connectivity index (χ3v) is 2.82. The van der Waals surface area contributed by atoms with Gasteiger partial charge in [0.05, 0.1) is 0 Å². The van der Waals surface area contributed by atoms with Crippen LogP contribution in [-0.4, -0.2) is 17.9 Å². The van der Waals surface area contributed by atoms with Gasteiger partial charge >= 0.3 is 0 Å². The Bertz CT molecular complexity index is 674. The number of hydrogen-bond acceptors (Lipinski definition) is 2. The first-order valence-electron chi connectivity index (χ1n) is 5.58. The minimum Gasteiger partial charge on any atom is -0.358 e. The van der Waals surface area contributed by atoms with Crippen LogP contribution in [0.25, 0.3) is 17.0 Å². The molecule has 4 heteroatoms. The summed E-state index contributed by atoms with van der Waals surface area (Å²) in [5.41, 5.74) is 2.92. The van der Waals surface area contributed by atoms with Crippen molar-refractivity contribution >= 4 is 22.9 Å². The lowest BCUT2D eigenvalue weighted by atomic mass is 10.1. The Hall–Kier alpha value is -2.54. The molecule has 0 unspecified atom stereocenters. The summed E-state index contributed by atoms with van der Waals surface area (Å²) >= 11 is 0. The van der Waals surface area contributed by atoms with Crippen molar-refractivity contribution in [2.75, 3.05) is 7.05 Å². The molecule has 0 radical (unpaired) electrons. The molecule has 4 nitrogen and oxygen atoms in total. The van der Waals surface area contributed by atoms with Gasteiger partial charge < -0.3 is 10.3 Å². The molecular weight excluding hydrogens is 226 g/mol. The van der Waals surface area contributed by atoms with Crippen LogP contribution < -0.4 is 5.32 Å². The summed E-state index contributed by atoms with van der Waals surface area (Å²) in [6, 6.07) is 9.71. The van der Waals surface area contributed by atoms with Crippen LogP contribution in [0.3, 0.4) is 0 Å². The summed E-state index contributed by atoms with van der Waals surface area (Å²) in [7, 11) is 1.51. The Morgan fingerprint density at radius 1 is 1.44 bits per heavy atom. The Morgan fingerprint density at radius 3 is 2.83 bits per heavy atom. The summed E-state index contributed by atoms with van der Waals surface area (Å²) in [5.74, 6) is -0.373. The molecule has 0 atom stereocenters. The number of aryl methyl sites for hydroxylation is 1. The molecule has 1 aromatic carbocycles. The number of nitriles is 1. The number of H-pyrrole nitrogens is 1. The number of benzene rings is 1. The highest BCUT2D eigenvalue weighted by atomic mass is 16.1. The molecule has 1 heterocycles. The van der Waals surface area contributed by atoms with Crippen molar-refractivity contribution in [1.82, 2.24) is 10.3 Å². The average Bonchev–Trinajstić information content (AvgIpc) is 2.71. The average molecular weight is 239 g/mol. The monoisotopic (exact) mass is 239 g/mol. The SMILES string of the molecule is CNC(=O)/C(C#N)=C/c1c(C)[nH]c2ccccc12. The number of hydrogen-bond donors (Lipinski definition) is 2. The fraction of sp³-hybridized carbons (Fsp3) is 0.143. The molecule has 0 aliphatic carbocycles. The third kappa shape index (κ3) is 1.98. The Morgan fingerprint density at radius 2 is 2.17 bits per heavy atom. The molecule has 90 valence electrons. The van der Waals surface area contributed by atoms with Gasteiger partial charge in [-0.2, -0.15) is 5.26 Å². The van der Waals surface area contributed by atoms with E-state index in [1.807, 2.05) is 37.3 Å². The van der Waals surface area contributed by atoms with Crippen LogP contribution in [0.5, 0.6) is 0 Å². The second kappa shape index (κ2) is 4.76. The lowest BCUT2D eigenvalue weighted by Gasteiger charge is -1.98. The zero-order valence-corrected chi connectivity index (χ0v) is 10.2. The van der Waals surface area contributed by atoms with Crippen molar-refractivity contribution in [3.8, 4) is 6.07 Å². The number of amides is 1. The second-order valence-electron chi connectivity index (χ2n) is 3.96. The summed E-state index contributed by atoms with van der Waals surface area (Å²) < 4.78 is 0. The molecular formula is C14H13N3O. The van der Waals surface area contributed by atoms with Crippen LogP contribution >= 0.6 is 0 Å². The van der Waals surface area contributed by atoms with E-state index in [4.69, 9.17) is 5.26 Å². The van der Waals surface area contributed by atoms with Crippen molar-refractivity contribution in [3.63, 3.8) is 0 Å². The summed E-state index contributed by atoms with van der Waals surface area (Å²) in [6.45, 7) is 1.92. The molecule has 0 aliphatic rings. The van der Waals surface area contributed by atoms with Crippen molar-refractivity contribution in [1.29, 1.82) is 5.26 Å². The van der Waals surface area contributed by atoms with Crippen LogP contribution in [0.4, 0.5) is 0 Å². The van der Waals surface area contributed by atoms with Crippen molar-refractivity contribution in [2.45, 2.75) is 6.92 Å². The van der Waals surface area contributed by atoms with E-state index >= 15 is 0 Å². The predicted octanol–water partition coefficient (Wildman–Crippen LogP) is 2.13. The second-order valence-corrected chi connectivity index (χ2v) is 3.96. The smallest absolute Gasteiger partial charge is 0.261 e. The number of nitrogens with zero attached hydrogens (tertiary/aromatic N) is 1. The molecule has 0 saturated carbocycles. The number of para-hydroxylation sites is 1. The zero-order valence-electron chi connectivity index (χ0n) is 10.2. The van der Waals surface area contributed by atoms with E-state index in [0.717, 1.165) is 22.2 Å². The fourth-order valence-electron chi connectivity index (χ4n) is 1.91. The first kappa shape index (κ1) is 11.9. The molecule has 0 bridgehead atoms. The van der Waals surface area contributed by atoms with E-state index in [1.54, 1.807) is 6.08 Å². The van der Waals surface area contributed by atoms with Gasteiger partial charge in [0.2, 0.25) is 0 Å². The topological polar surface area (TPSA) is 68.7 Å². The number of carbonyl (C=O) groups is 1. The van der Waals surface area contributed by atoms with Gasteiger partial charge in [-0.25, -0.2) is 0 Å². The number of carbonyl (C=O) groups excluding carboxylic acids is 1. The van der Waals surface area contributed by atoms with Gasteiger partial charge in [0.1, 0.15) is 11.6 Å². The molecule has 2 N–H and O–H groups in total. The van der Waals surface area contributed by atoms with Crippen LogP contribution in [-0.2, 0) is 4.79 Å². The number of rotatable bonds is 2. The molecule has 1 aromatic heterocycles. The van der Waals surface area contributed by atoms with Crippen LogP contribution in [0.2, 0.25) is 0 Å². The van der Waals surface area contributed by atoms with Gasteiger partial charge in [0.15, 0.2) is 0 Å². The highest BCUT2D eigenvalue weighted by Crippen LogP contribution is 2.24. The van der Waals surface area contributed by atoms with E-state index in [-0.39, 0.29) is 11.5 Å². The molecule has 1 amide bonds. The van der Waals surface area contributed by atoms with E-state index in [1.165, 1.54) is 7.05 Å².